The Morgan fingerprint density at radius 2 is 1.94 bits per heavy atom. The number of aromatic nitrogens is 2. The van der Waals surface area contributed by atoms with Crippen LogP contribution in [0.1, 0.15) is 29.4 Å². The van der Waals surface area contributed by atoms with Crippen molar-refractivity contribution in [3.05, 3.63) is 77.4 Å². The van der Waals surface area contributed by atoms with Gasteiger partial charge in [-0.1, -0.05) is 24.3 Å². The van der Waals surface area contributed by atoms with E-state index in [1.807, 2.05) is 44.6 Å². The molecule has 7 nitrogen and oxygen atoms in total. The molecule has 0 aliphatic carbocycles. The summed E-state index contributed by atoms with van der Waals surface area (Å²) in [6.07, 6.45) is 3.84. The highest BCUT2D eigenvalue weighted by molar-refractivity contribution is 5.79. The molecule has 0 spiro atoms. The van der Waals surface area contributed by atoms with E-state index in [9.17, 15) is 0 Å². The molecule has 1 heterocycles. The van der Waals surface area contributed by atoms with Crippen LogP contribution in [0.15, 0.2) is 59.9 Å². The Bertz CT molecular complexity index is 1040. The number of hydrogen-bond acceptors (Lipinski definition) is 4. The van der Waals surface area contributed by atoms with Crippen LogP contribution in [0.3, 0.4) is 0 Å². The van der Waals surface area contributed by atoms with Gasteiger partial charge in [-0.25, -0.2) is 9.98 Å². The van der Waals surface area contributed by atoms with Crippen LogP contribution in [-0.2, 0) is 19.6 Å². The summed E-state index contributed by atoms with van der Waals surface area (Å²) in [7, 11) is 5.36. The van der Waals surface area contributed by atoms with Crippen LogP contribution in [0.25, 0.3) is 0 Å². The minimum atomic E-state index is 0.600. The number of nitrogens with zero attached hydrogens (tertiary/aromatic N) is 4. The first-order chi connectivity index (χ1) is 15.5. The van der Waals surface area contributed by atoms with Gasteiger partial charge in [0.1, 0.15) is 17.3 Å². The second-order valence-electron chi connectivity index (χ2n) is 7.63. The third-order valence-corrected chi connectivity index (χ3v) is 5.28. The highest BCUT2D eigenvalue weighted by Gasteiger charge is 2.11. The topological polar surface area (TPSA) is 63.9 Å². The Morgan fingerprint density at radius 1 is 1.12 bits per heavy atom. The molecule has 0 unspecified atom stereocenters. The van der Waals surface area contributed by atoms with E-state index >= 15 is 0 Å². The summed E-state index contributed by atoms with van der Waals surface area (Å²) in [6, 6.07) is 14.4. The molecule has 0 fully saturated rings. The Labute approximate surface area is 190 Å². The fourth-order valence-corrected chi connectivity index (χ4v) is 3.54. The maximum Gasteiger partial charge on any atom is 0.194 e. The third-order valence-electron chi connectivity index (χ3n) is 5.28. The maximum atomic E-state index is 5.55. The molecule has 0 bridgehead atoms. The molecule has 0 amide bonds. The van der Waals surface area contributed by atoms with Gasteiger partial charge in [0.05, 0.1) is 20.8 Å². The number of nitrogens with one attached hydrogen (secondary N) is 1. The number of methoxy groups -OCH3 is 2. The van der Waals surface area contributed by atoms with Crippen LogP contribution in [0.2, 0.25) is 0 Å². The number of imidazole rings is 1. The lowest BCUT2D eigenvalue weighted by Gasteiger charge is -2.23. The van der Waals surface area contributed by atoms with Gasteiger partial charge in [0, 0.05) is 50.7 Å². The highest BCUT2D eigenvalue weighted by Crippen LogP contribution is 2.25. The summed E-state index contributed by atoms with van der Waals surface area (Å²) in [5, 5.41) is 3.39. The number of aryl methyl sites for hydroxylation is 1. The number of guanidine groups is 1. The average molecular weight is 436 g/mol. The SMILES string of the molecule is CCNC(=NCc1cccc(Cn2ccnc2C)c1)N(C)Cc1ccc(OC)cc1OC. The summed E-state index contributed by atoms with van der Waals surface area (Å²) in [6.45, 7) is 6.96. The molecular weight excluding hydrogens is 402 g/mol. The largest absolute Gasteiger partial charge is 0.497 e. The summed E-state index contributed by atoms with van der Waals surface area (Å²) in [5.74, 6) is 3.44. The van der Waals surface area contributed by atoms with E-state index in [4.69, 9.17) is 14.5 Å². The molecule has 0 saturated heterocycles. The van der Waals surface area contributed by atoms with Crippen molar-refractivity contribution in [3.63, 3.8) is 0 Å². The molecule has 32 heavy (non-hydrogen) atoms. The zero-order valence-electron chi connectivity index (χ0n) is 19.6. The van der Waals surface area contributed by atoms with Gasteiger partial charge in [0.25, 0.3) is 0 Å². The van der Waals surface area contributed by atoms with Crippen molar-refractivity contribution in [1.82, 2.24) is 19.8 Å². The van der Waals surface area contributed by atoms with E-state index in [2.05, 4.69) is 51.0 Å². The van der Waals surface area contributed by atoms with E-state index in [-0.39, 0.29) is 0 Å². The van der Waals surface area contributed by atoms with Gasteiger partial charge in [-0.2, -0.15) is 0 Å². The van der Waals surface area contributed by atoms with Crippen molar-refractivity contribution in [2.75, 3.05) is 27.8 Å². The first-order valence-electron chi connectivity index (χ1n) is 10.8. The number of rotatable bonds is 9. The minimum Gasteiger partial charge on any atom is -0.497 e. The van der Waals surface area contributed by atoms with Gasteiger partial charge < -0.3 is 24.3 Å². The molecule has 3 aromatic rings. The van der Waals surface area contributed by atoms with E-state index in [1.54, 1.807) is 14.2 Å². The van der Waals surface area contributed by atoms with Gasteiger partial charge in [0.15, 0.2) is 5.96 Å². The van der Waals surface area contributed by atoms with E-state index in [1.165, 1.54) is 11.1 Å². The van der Waals surface area contributed by atoms with Crippen molar-refractivity contribution in [2.24, 2.45) is 4.99 Å². The number of ether oxygens (including phenoxy) is 2. The fourth-order valence-electron chi connectivity index (χ4n) is 3.54. The second-order valence-corrected chi connectivity index (χ2v) is 7.63. The average Bonchev–Trinajstić information content (AvgIpc) is 3.21. The van der Waals surface area contributed by atoms with Crippen LogP contribution in [0.4, 0.5) is 0 Å². The molecule has 0 saturated carbocycles. The molecule has 0 aliphatic rings. The van der Waals surface area contributed by atoms with Crippen molar-refractivity contribution in [3.8, 4) is 11.5 Å². The molecule has 3 rings (SSSR count). The number of aliphatic imine (C=N–C) groups is 1. The maximum absolute atomic E-state index is 5.55. The molecule has 170 valence electrons. The predicted octanol–water partition coefficient (Wildman–Crippen LogP) is 3.85. The monoisotopic (exact) mass is 435 g/mol. The molecular formula is C25H33N5O2. The Kier molecular flexibility index (Phi) is 8.14. The molecule has 0 radical (unpaired) electrons. The molecule has 7 heteroatoms. The Balaban J connectivity index is 1.72. The zero-order valence-corrected chi connectivity index (χ0v) is 19.6. The minimum absolute atomic E-state index is 0.600. The Hall–Kier alpha value is -3.48. The normalized spacial score (nSPS) is 11.3. The lowest BCUT2D eigenvalue weighted by Crippen LogP contribution is -2.38. The van der Waals surface area contributed by atoms with E-state index < -0.39 is 0 Å². The van der Waals surface area contributed by atoms with Gasteiger partial charge in [-0.15, -0.1) is 0 Å². The van der Waals surface area contributed by atoms with Gasteiger partial charge in [0.2, 0.25) is 0 Å². The zero-order chi connectivity index (χ0) is 22.9. The van der Waals surface area contributed by atoms with Crippen LogP contribution < -0.4 is 14.8 Å². The molecule has 2 aromatic carbocycles. The molecule has 0 atom stereocenters. The summed E-state index contributed by atoms with van der Waals surface area (Å²) < 4.78 is 13.0. The molecule has 0 aliphatic heterocycles. The third kappa shape index (κ3) is 6.03. The van der Waals surface area contributed by atoms with Gasteiger partial charge >= 0.3 is 0 Å². The summed E-state index contributed by atoms with van der Waals surface area (Å²) in [4.78, 5) is 11.3. The summed E-state index contributed by atoms with van der Waals surface area (Å²) >= 11 is 0. The van der Waals surface area contributed by atoms with Crippen molar-refractivity contribution >= 4 is 5.96 Å². The smallest absolute Gasteiger partial charge is 0.194 e. The van der Waals surface area contributed by atoms with E-state index in [0.717, 1.165) is 41.9 Å². The van der Waals surface area contributed by atoms with Crippen LogP contribution in [-0.4, -0.2) is 48.2 Å². The van der Waals surface area contributed by atoms with Crippen LogP contribution >= 0.6 is 0 Å². The first-order valence-corrected chi connectivity index (χ1v) is 10.8. The van der Waals surface area contributed by atoms with Crippen molar-refractivity contribution < 1.29 is 9.47 Å². The standard InChI is InChI=1S/C25H33N5O2/c1-6-26-25(29(3)18-22-10-11-23(31-4)15-24(22)32-5)28-16-20-8-7-9-21(14-20)17-30-13-12-27-19(30)2/h7-15H,6,16-18H2,1-5H3,(H,26,28). The predicted molar refractivity (Wildman–Crippen MR) is 128 cm³/mol. The van der Waals surface area contributed by atoms with Gasteiger partial charge in [-0.3, -0.25) is 0 Å². The second kappa shape index (κ2) is 11.2. The summed E-state index contributed by atoms with van der Waals surface area (Å²) in [5.41, 5.74) is 3.48. The van der Waals surface area contributed by atoms with Crippen molar-refractivity contribution in [2.45, 2.75) is 33.5 Å². The number of benzene rings is 2. The molecule has 1 N–H and O–H groups in total. The fraction of sp³-hybridized carbons (Fsp3) is 0.360. The van der Waals surface area contributed by atoms with Crippen LogP contribution in [0.5, 0.6) is 11.5 Å². The highest BCUT2D eigenvalue weighted by atomic mass is 16.5. The van der Waals surface area contributed by atoms with Gasteiger partial charge in [-0.05, 0) is 37.1 Å². The Morgan fingerprint density at radius 3 is 2.62 bits per heavy atom. The lowest BCUT2D eigenvalue weighted by molar-refractivity contribution is 0.382. The van der Waals surface area contributed by atoms with E-state index in [0.29, 0.717) is 13.1 Å². The van der Waals surface area contributed by atoms with Crippen LogP contribution in [0, 0.1) is 6.92 Å². The molecule has 1 aromatic heterocycles. The quantitative estimate of drug-likeness (QED) is 0.409. The first kappa shape index (κ1) is 23.2. The lowest BCUT2D eigenvalue weighted by atomic mass is 10.1. The number of hydrogen-bond donors (Lipinski definition) is 1. The van der Waals surface area contributed by atoms with Crippen molar-refractivity contribution in [1.29, 1.82) is 0 Å².